The highest BCUT2D eigenvalue weighted by Gasteiger charge is 2.15. The maximum absolute atomic E-state index is 11.7. The number of hydrogen-bond acceptors (Lipinski definition) is 2. The maximum Gasteiger partial charge on any atom is 0.319 e. The van der Waals surface area contributed by atoms with Gasteiger partial charge in [0.2, 0.25) is 0 Å². The van der Waals surface area contributed by atoms with E-state index < -0.39 is 0 Å². The van der Waals surface area contributed by atoms with E-state index in [1.807, 2.05) is 38.1 Å². The van der Waals surface area contributed by atoms with E-state index in [4.69, 9.17) is 5.11 Å². The molecule has 1 rings (SSSR count). The molecule has 2 amide bonds. The molecule has 0 aliphatic carbocycles. The summed E-state index contributed by atoms with van der Waals surface area (Å²) in [6, 6.07) is 7.66. The molecule has 0 spiro atoms. The van der Waals surface area contributed by atoms with Gasteiger partial charge in [-0.3, -0.25) is 0 Å². The predicted octanol–water partition coefficient (Wildman–Crippen LogP) is 3.17. The largest absolute Gasteiger partial charge is 0.396 e. The third-order valence-corrected chi connectivity index (χ3v) is 3.36. The number of hydrogen-bond donors (Lipinski definition) is 3. The Bertz CT molecular complexity index is 413. The van der Waals surface area contributed by atoms with E-state index in [1.165, 1.54) is 5.56 Å². The lowest BCUT2D eigenvalue weighted by Gasteiger charge is -2.21. The summed E-state index contributed by atoms with van der Waals surface area (Å²) >= 11 is 0. The number of aliphatic hydroxyl groups is 1. The molecule has 0 aliphatic heterocycles. The van der Waals surface area contributed by atoms with Crippen molar-refractivity contribution in [1.82, 2.24) is 5.32 Å². The van der Waals surface area contributed by atoms with Gasteiger partial charge in [0.15, 0.2) is 0 Å². The molecule has 0 radical (unpaired) electrons. The Morgan fingerprint density at radius 3 is 2.45 bits per heavy atom. The van der Waals surface area contributed by atoms with E-state index in [2.05, 4.69) is 17.6 Å². The van der Waals surface area contributed by atoms with Crippen molar-refractivity contribution in [2.24, 2.45) is 5.41 Å². The summed E-state index contributed by atoms with van der Waals surface area (Å²) in [7, 11) is 0. The summed E-state index contributed by atoms with van der Waals surface area (Å²) in [4.78, 5) is 11.7. The van der Waals surface area contributed by atoms with Crippen LogP contribution in [0.4, 0.5) is 10.5 Å². The Labute approximate surface area is 121 Å². The lowest BCUT2D eigenvalue weighted by Crippen LogP contribution is -2.30. The van der Waals surface area contributed by atoms with Crippen LogP contribution in [0.1, 0.15) is 39.2 Å². The minimum absolute atomic E-state index is 0.0753. The Balaban J connectivity index is 2.26. The van der Waals surface area contributed by atoms with Crippen molar-refractivity contribution in [1.29, 1.82) is 0 Å². The maximum atomic E-state index is 11.7. The Hall–Kier alpha value is -1.55. The molecule has 0 heterocycles. The number of rotatable bonds is 7. The van der Waals surface area contributed by atoms with Crippen LogP contribution in [0, 0.1) is 5.41 Å². The predicted molar refractivity (Wildman–Crippen MR) is 82.9 cm³/mol. The summed E-state index contributed by atoms with van der Waals surface area (Å²) in [5.41, 5.74) is 1.98. The highest BCUT2D eigenvalue weighted by atomic mass is 16.3. The van der Waals surface area contributed by atoms with Crippen LogP contribution in [0.2, 0.25) is 0 Å². The average molecular weight is 278 g/mol. The molecule has 0 saturated heterocycles. The average Bonchev–Trinajstić information content (AvgIpc) is 2.44. The number of aryl methyl sites for hydroxylation is 1. The molecule has 0 atom stereocenters. The lowest BCUT2D eigenvalue weighted by molar-refractivity contribution is 0.148. The summed E-state index contributed by atoms with van der Waals surface area (Å²) in [5.74, 6) is 0. The lowest BCUT2D eigenvalue weighted by atomic mass is 9.89. The van der Waals surface area contributed by atoms with Crippen LogP contribution in [0.5, 0.6) is 0 Å². The fourth-order valence-corrected chi connectivity index (χ4v) is 1.85. The molecule has 1 aromatic rings. The van der Waals surface area contributed by atoms with E-state index in [0.29, 0.717) is 6.54 Å². The Kier molecular flexibility index (Phi) is 6.52. The summed E-state index contributed by atoms with van der Waals surface area (Å²) < 4.78 is 0. The topological polar surface area (TPSA) is 61.4 Å². The first-order chi connectivity index (χ1) is 9.46. The molecule has 112 valence electrons. The van der Waals surface area contributed by atoms with Crippen LogP contribution in [-0.2, 0) is 6.42 Å². The summed E-state index contributed by atoms with van der Waals surface area (Å²) in [6.07, 6.45) is 2.73. The van der Waals surface area contributed by atoms with Gasteiger partial charge in [-0.1, -0.05) is 32.9 Å². The van der Waals surface area contributed by atoms with Crippen molar-refractivity contribution in [3.63, 3.8) is 0 Å². The zero-order valence-corrected chi connectivity index (χ0v) is 12.7. The molecule has 0 aliphatic rings. The van der Waals surface area contributed by atoms with Crippen molar-refractivity contribution in [3.8, 4) is 0 Å². The van der Waals surface area contributed by atoms with E-state index in [9.17, 15) is 4.79 Å². The van der Waals surface area contributed by atoms with Crippen LogP contribution in [0.3, 0.4) is 0 Å². The summed E-state index contributed by atoms with van der Waals surface area (Å²) in [5, 5.41) is 14.8. The second kappa shape index (κ2) is 7.90. The zero-order valence-electron chi connectivity index (χ0n) is 12.7. The molecule has 3 N–H and O–H groups in total. The Morgan fingerprint density at radius 2 is 1.90 bits per heavy atom. The first kappa shape index (κ1) is 16.5. The highest BCUT2D eigenvalue weighted by Crippen LogP contribution is 2.20. The minimum Gasteiger partial charge on any atom is -0.396 e. The number of amides is 2. The van der Waals surface area contributed by atoms with Gasteiger partial charge in [-0.15, -0.1) is 0 Å². The minimum atomic E-state index is -0.184. The first-order valence-corrected chi connectivity index (χ1v) is 7.21. The van der Waals surface area contributed by atoms with Gasteiger partial charge in [0.05, 0.1) is 0 Å². The molecule has 4 heteroatoms. The molecule has 0 fully saturated rings. The molecule has 4 nitrogen and oxygen atoms in total. The SMILES string of the molecule is CCc1ccc(NC(=O)NCCCC(C)(C)CO)cc1. The fourth-order valence-electron chi connectivity index (χ4n) is 1.85. The van der Waals surface area contributed by atoms with E-state index >= 15 is 0 Å². The number of carbonyl (C=O) groups excluding carboxylic acids is 1. The second-order valence-electron chi connectivity index (χ2n) is 5.86. The second-order valence-corrected chi connectivity index (χ2v) is 5.86. The van der Waals surface area contributed by atoms with Crippen LogP contribution in [0.25, 0.3) is 0 Å². The molecule has 0 unspecified atom stereocenters. The number of aliphatic hydroxyl groups excluding tert-OH is 1. The van der Waals surface area contributed by atoms with Crippen LogP contribution < -0.4 is 10.6 Å². The molecule has 0 aromatic heterocycles. The number of anilines is 1. The number of benzene rings is 1. The van der Waals surface area contributed by atoms with Gasteiger partial charge in [-0.25, -0.2) is 4.79 Å². The van der Waals surface area contributed by atoms with Crippen molar-refractivity contribution < 1.29 is 9.90 Å². The van der Waals surface area contributed by atoms with Gasteiger partial charge in [-0.05, 0) is 42.4 Å². The van der Waals surface area contributed by atoms with Gasteiger partial charge >= 0.3 is 6.03 Å². The van der Waals surface area contributed by atoms with E-state index in [1.54, 1.807) is 0 Å². The monoisotopic (exact) mass is 278 g/mol. The molecule has 1 aromatic carbocycles. The van der Waals surface area contributed by atoms with Gasteiger partial charge in [-0.2, -0.15) is 0 Å². The zero-order chi connectivity index (χ0) is 15.0. The summed E-state index contributed by atoms with van der Waals surface area (Å²) in [6.45, 7) is 6.92. The van der Waals surface area contributed by atoms with Crippen molar-refractivity contribution in [3.05, 3.63) is 29.8 Å². The number of carbonyl (C=O) groups is 1. The van der Waals surface area contributed by atoms with Crippen LogP contribution >= 0.6 is 0 Å². The van der Waals surface area contributed by atoms with Gasteiger partial charge in [0.25, 0.3) is 0 Å². The molecule has 20 heavy (non-hydrogen) atoms. The van der Waals surface area contributed by atoms with Gasteiger partial charge < -0.3 is 15.7 Å². The van der Waals surface area contributed by atoms with Gasteiger partial charge in [0, 0.05) is 18.8 Å². The molecular weight excluding hydrogens is 252 g/mol. The van der Waals surface area contributed by atoms with Crippen LogP contribution in [-0.4, -0.2) is 24.3 Å². The van der Waals surface area contributed by atoms with Crippen LogP contribution in [0.15, 0.2) is 24.3 Å². The van der Waals surface area contributed by atoms with Crippen molar-refractivity contribution >= 4 is 11.7 Å². The first-order valence-electron chi connectivity index (χ1n) is 7.21. The van der Waals surface area contributed by atoms with Gasteiger partial charge in [0.1, 0.15) is 0 Å². The number of nitrogens with one attached hydrogen (secondary N) is 2. The smallest absolute Gasteiger partial charge is 0.319 e. The number of urea groups is 1. The third-order valence-electron chi connectivity index (χ3n) is 3.36. The standard InChI is InChI=1S/C16H26N2O2/c1-4-13-6-8-14(9-7-13)18-15(20)17-11-5-10-16(2,3)12-19/h6-9,19H,4-5,10-12H2,1-3H3,(H2,17,18,20). The third kappa shape index (κ3) is 6.06. The van der Waals surface area contributed by atoms with Crippen molar-refractivity contribution in [2.45, 2.75) is 40.0 Å². The van der Waals surface area contributed by atoms with Crippen molar-refractivity contribution in [2.75, 3.05) is 18.5 Å². The fraction of sp³-hybridized carbons (Fsp3) is 0.562. The Morgan fingerprint density at radius 1 is 1.25 bits per heavy atom. The molecule has 0 bridgehead atoms. The highest BCUT2D eigenvalue weighted by molar-refractivity contribution is 5.89. The normalized spacial score (nSPS) is 11.2. The quantitative estimate of drug-likeness (QED) is 0.671. The molecular formula is C16H26N2O2. The molecule has 0 saturated carbocycles. The van der Waals surface area contributed by atoms with E-state index in [-0.39, 0.29) is 18.1 Å². The van der Waals surface area contributed by atoms with E-state index in [0.717, 1.165) is 24.9 Å².